The highest BCUT2D eigenvalue weighted by atomic mass is 16.6. The molecule has 0 aliphatic carbocycles. The molecule has 7 heteroatoms. The van der Waals surface area contributed by atoms with Gasteiger partial charge in [0.2, 0.25) is 0 Å². The zero-order valence-electron chi connectivity index (χ0n) is 13.8. The summed E-state index contributed by atoms with van der Waals surface area (Å²) in [6.07, 6.45) is 1.19. The number of nitro groups is 1. The maximum absolute atomic E-state index is 12.8. The highest BCUT2D eigenvalue weighted by Crippen LogP contribution is 2.17. The van der Waals surface area contributed by atoms with E-state index in [2.05, 4.69) is 10.1 Å². The van der Waals surface area contributed by atoms with Gasteiger partial charge in [0, 0.05) is 41.1 Å². The second kappa shape index (κ2) is 5.92. The van der Waals surface area contributed by atoms with Crippen LogP contribution in [0.4, 0.5) is 5.69 Å². The minimum absolute atomic E-state index is 0.0355. The van der Waals surface area contributed by atoms with Gasteiger partial charge in [-0.25, -0.2) is 9.50 Å². The monoisotopic (exact) mass is 326 g/mol. The van der Waals surface area contributed by atoms with Gasteiger partial charge in [0.15, 0.2) is 5.65 Å². The Morgan fingerprint density at radius 1 is 1.21 bits per heavy atom. The van der Waals surface area contributed by atoms with Gasteiger partial charge in [0.25, 0.3) is 11.2 Å². The number of fused-ring (bicyclic) bond motifs is 1. The molecule has 2 heterocycles. The van der Waals surface area contributed by atoms with Crippen LogP contribution in [-0.2, 0) is 12.8 Å². The van der Waals surface area contributed by atoms with E-state index in [1.165, 1.54) is 16.6 Å². The van der Waals surface area contributed by atoms with Crippen LogP contribution in [-0.4, -0.2) is 19.5 Å². The van der Waals surface area contributed by atoms with E-state index in [1.807, 2.05) is 20.8 Å². The molecule has 2 aromatic heterocycles. The number of H-pyrrole nitrogens is 1. The number of aryl methyl sites for hydroxylation is 3. The van der Waals surface area contributed by atoms with E-state index in [-0.39, 0.29) is 11.2 Å². The third kappa shape index (κ3) is 2.58. The minimum atomic E-state index is -0.439. The first-order valence-electron chi connectivity index (χ1n) is 7.75. The largest absolute Gasteiger partial charge is 0.294 e. The number of aromatic nitrogens is 3. The molecule has 7 nitrogen and oxygen atoms in total. The maximum Gasteiger partial charge on any atom is 0.276 e. The number of aromatic amines is 1. The van der Waals surface area contributed by atoms with Gasteiger partial charge in [-0.15, -0.1) is 0 Å². The fraction of sp³-hybridized carbons (Fsp3) is 0.294. The van der Waals surface area contributed by atoms with Crippen molar-refractivity contribution in [3.63, 3.8) is 0 Å². The molecule has 124 valence electrons. The summed E-state index contributed by atoms with van der Waals surface area (Å²) >= 11 is 0. The number of nitrogens with zero attached hydrogens (tertiary/aromatic N) is 3. The van der Waals surface area contributed by atoms with Gasteiger partial charge in [-0.05, 0) is 25.8 Å². The zero-order valence-corrected chi connectivity index (χ0v) is 13.8. The fourth-order valence-corrected chi connectivity index (χ4v) is 2.94. The second-order valence-electron chi connectivity index (χ2n) is 5.81. The standard InChI is InChI=1S/C17H18N4O3/c1-4-14-11(3)19-20-16(14)18-10(2)15(17(20)22)9-12-5-7-13(8-6-12)21(23)24/h5-8,19H,4,9H2,1-3H3. The molecule has 0 bridgehead atoms. The first-order valence-corrected chi connectivity index (χ1v) is 7.75. The molecule has 0 saturated carbocycles. The SMILES string of the molecule is CCc1c(C)[nH]n2c(=O)c(Cc3ccc([N+](=O)[O-])cc3)c(C)nc12. The highest BCUT2D eigenvalue weighted by Gasteiger charge is 2.16. The molecule has 0 amide bonds. The molecule has 0 atom stereocenters. The quantitative estimate of drug-likeness (QED) is 0.589. The van der Waals surface area contributed by atoms with Crippen molar-refractivity contribution in [2.75, 3.05) is 0 Å². The number of hydrogen-bond acceptors (Lipinski definition) is 4. The molecular weight excluding hydrogens is 308 g/mol. The average molecular weight is 326 g/mol. The summed E-state index contributed by atoms with van der Waals surface area (Å²) in [7, 11) is 0. The Bertz CT molecular complexity index is 984. The average Bonchev–Trinajstić information content (AvgIpc) is 2.87. The molecule has 0 aliphatic heterocycles. The lowest BCUT2D eigenvalue weighted by molar-refractivity contribution is -0.384. The summed E-state index contributed by atoms with van der Waals surface area (Å²) in [5.74, 6) is 0. The van der Waals surface area contributed by atoms with Crippen LogP contribution < -0.4 is 5.56 Å². The first-order chi connectivity index (χ1) is 11.4. The molecule has 3 rings (SSSR count). The Morgan fingerprint density at radius 3 is 2.46 bits per heavy atom. The Hall–Kier alpha value is -2.96. The zero-order chi connectivity index (χ0) is 17.4. The first kappa shape index (κ1) is 15.9. The lowest BCUT2D eigenvalue weighted by Gasteiger charge is -2.06. The molecule has 0 radical (unpaired) electrons. The summed E-state index contributed by atoms with van der Waals surface area (Å²) in [4.78, 5) is 27.7. The van der Waals surface area contributed by atoms with Gasteiger partial charge >= 0.3 is 0 Å². The van der Waals surface area contributed by atoms with Crippen LogP contribution in [0.3, 0.4) is 0 Å². The predicted molar refractivity (Wildman–Crippen MR) is 90.6 cm³/mol. The second-order valence-corrected chi connectivity index (χ2v) is 5.81. The van der Waals surface area contributed by atoms with Crippen LogP contribution in [0, 0.1) is 24.0 Å². The number of nitro benzene ring substituents is 1. The molecule has 1 aromatic carbocycles. The van der Waals surface area contributed by atoms with Crippen molar-refractivity contribution in [1.82, 2.24) is 14.6 Å². The van der Waals surface area contributed by atoms with Crippen molar-refractivity contribution in [1.29, 1.82) is 0 Å². The summed E-state index contributed by atoms with van der Waals surface area (Å²) in [6, 6.07) is 6.23. The molecule has 0 spiro atoms. The van der Waals surface area contributed by atoms with Gasteiger partial charge in [0.05, 0.1) is 4.92 Å². The Balaban J connectivity index is 2.06. The summed E-state index contributed by atoms with van der Waals surface area (Å²) in [5.41, 5.74) is 4.67. The van der Waals surface area contributed by atoms with Gasteiger partial charge in [-0.3, -0.25) is 20.0 Å². The van der Waals surface area contributed by atoms with Crippen molar-refractivity contribution >= 4 is 11.3 Å². The molecule has 24 heavy (non-hydrogen) atoms. The van der Waals surface area contributed by atoms with Crippen molar-refractivity contribution in [3.8, 4) is 0 Å². The van der Waals surface area contributed by atoms with Gasteiger partial charge in [0.1, 0.15) is 0 Å². The number of non-ortho nitro benzene ring substituents is 1. The van der Waals surface area contributed by atoms with E-state index in [0.29, 0.717) is 23.3 Å². The third-order valence-corrected chi connectivity index (χ3v) is 4.27. The van der Waals surface area contributed by atoms with Crippen molar-refractivity contribution in [3.05, 3.63) is 72.8 Å². The molecule has 0 aliphatic rings. The van der Waals surface area contributed by atoms with Crippen LogP contribution >= 0.6 is 0 Å². The van der Waals surface area contributed by atoms with E-state index < -0.39 is 4.92 Å². The number of hydrogen-bond donors (Lipinski definition) is 1. The van der Waals surface area contributed by atoms with Gasteiger partial charge in [-0.2, -0.15) is 0 Å². The maximum atomic E-state index is 12.8. The van der Waals surface area contributed by atoms with Crippen LogP contribution in [0.1, 0.15) is 35.0 Å². The topological polar surface area (TPSA) is 93.3 Å². The highest BCUT2D eigenvalue weighted by molar-refractivity contribution is 5.51. The summed E-state index contributed by atoms with van der Waals surface area (Å²) in [5, 5.41) is 13.8. The molecular formula is C17H18N4O3. The van der Waals surface area contributed by atoms with Crippen molar-refractivity contribution < 1.29 is 4.92 Å². The molecule has 0 unspecified atom stereocenters. The smallest absolute Gasteiger partial charge is 0.276 e. The summed E-state index contributed by atoms with van der Waals surface area (Å²) in [6.45, 7) is 5.78. The van der Waals surface area contributed by atoms with E-state index in [0.717, 1.165) is 23.2 Å². The van der Waals surface area contributed by atoms with Gasteiger partial charge < -0.3 is 0 Å². The van der Waals surface area contributed by atoms with E-state index in [9.17, 15) is 14.9 Å². The number of nitrogens with one attached hydrogen (secondary N) is 1. The fourth-order valence-electron chi connectivity index (χ4n) is 2.94. The third-order valence-electron chi connectivity index (χ3n) is 4.27. The number of rotatable bonds is 4. The van der Waals surface area contributed by atoms with Crippen molar-refractivity contribution in [2.45, 2.75) is 33.6 Å². The van der Waals surface area contributed by atoms with Crippen molar-refractivity contribution in [2.24, 2.45) is 0 Å². The lowest BCUT2D eigenvalue weighted by Crippen LogP contribution is -2.22. The minimum Gasteiger partial charge on any atom is -0.294 e. The Labute approximate surface area is 138 Å². The predicted octanol–water partition coefficient (Wildman–Crippen LogP) is 2.70. The Morgan fingerprint density at radius 2 is 1.88 bits per heavy atom. The molecule has 0 saturated heterocycles. The lowest BCUT2D eigenvalue weighted by atomic mass is 10.0. The number of benzene rings is 1. The van der Waals surface area contributed by atoms with Gasteiger partial charge in [-0.1, -0.05) is 19.1 Å². The normalized spacial score (nSPS) is 11.1. The van der Waals surface area contributed by atoms with E-state index in [1.54, 1.807) is 12.1 Å². The molecule has 3 aromatic rings. The molecule has 1 N–H and O–H groups in total. The van der Waals surface area contributed by atoms with E-state index in [4.69, 9.17) is 0 Å². The molecule has 0 fully saturated rings. The Kier molecular flexibility index (Phi) is 3.92. The van der Waals surface area contributed by atoms with Crippen LogP contribution in [0.25, 0.3) is 5.65 Å². The van der Waals surface area contributed by atoms with Crippen LogP contribution in [0.15, 0.2) is 29.1 Å². The van der Waals surface area contributed by atoms with Crippen LogP contribution in [0.2, 0.25) is 0 Å². The van der Waals surface area contributed by atoms with E-state index >= 15 is 0 Å². The van der Waals surface area contributed by atoms with Crippen LogP contribution in [0.5, 0.6) is 0 Å². The summed E-state index contributed by atoms with van der Waals surface area (Å²) < 4.78 is 1.49.